The zero-order valence-corrected chi connectivity index (χ0v) is 6.52. The lowest BCUT2D eigenvalue weighted by molar-refractivity contribution is 1.05. The fourth-order valence-corrected chi connectivity index (χ4v) is 0.280. The maximum Gasteiger partial charge on any atom is 0.172 e. The Morgan fingerprint density at radius 1 is 1.27 bits per heavy atom. The van der Waals surface area contributed by atoms with Crippen LogP contribution in [0.3, 0.4) is 0 Å². The summed E-state index contributed by atoms with van der Waals surface area (Å²) in [5.41, 5.74) is 5.17. The highest BCUT2D eigenvalue weighted by Gasteiger charge is 1.81. The summed E-state index contributed by atoms with van der Waals surface area (Å²) in [6, 6.07) is 0. The van der Waals surface area contributed by atoms with E-state index in [1.54, 1.807) is 13.8 Å². The van der Waals surface area contributed by atoms with Crippen molar-refractivity contribution in [2.45, 2.75) is 13.8 Å². The lowest BCUT2D eigenvalue weighted by Crippen LogP contribution is -2.03. The molecular formula is C5H10N6. The van der Waals surface area contributed by atoms with Gasteiger partial charge in [0.2, 0.25) is 0 Å². The van der Waals surface area contributed by atoms with E-state index in [0.717, 1.165) is 0 Å². The SMILES string of the molecule is C=NN=C(C)N=NN=C(C)N. The molecule has 0 rings (SSSR count). The number of hydrogen-bond donors (Lipinski definition) is 1. The lowest BCUT2D eigenvalue weighted by Gasteiger charge is -1.82. The van der Waals surface area contributed by atoms with Gasteiger partial charge in [-0.1, -0.05) is 0 Å². The van der Waals surface area contributed by atoms with Gasteiger partial charge in [-0.05, 0) is 19.1 Å². The van der Waals surface area contributed by atoms with Crippen molar-refractivity contribution in [2.24, 2.45) is 31.4 Å². The molecule has 0 aliphatic rings. The van der Waals surface area contributed by atoms with Crippen molar-refractivity contribution in [1.82, 2.24) is 0 Å². The summed E-state index contributed by atoms with van der Waals surface area (Å²) < 4.78 is 0. The quantitative estimate of drug-likeness (QED) is 0.270. The molecule has 0 saturated carbocycles. The van der Waals surface area contributed by atoms with Crippen LogP contribution in [0, 0.1) is 0 Å². The van der Waals surface area contributed by atoms with Crippen LogP contribution in [0.25, 0.3) is 0 Å². The summed E-state index contributed by atoms with van der Waals surface area (Å²) in [5.74, 6) is 0.720. The second kappa shape index (κ2) is 5.21. The van der Waals surface area contributed by atoms with Gasteiger partial charge in [0.05, 0.1) is 0 Å². The first-order valence-electron chi connectivity index (χ1n) is 2.88. The molecule has 0 radical (unpaired) electrons. The number of rotatable bonds is 2. The van der Waals surface area contributed by atoms with Gasteiger partial charge in [-0.15, -0.1) is 15.3 Å². The third kappa shape index (κ3) is 6.29. The molecule has 0 amide bonds. The smallest absolute Gasteiger partial charge is 0.172 e. The molecule has 0 aromatic rings. The average molecular weight is 154 g/mol. The van der Waals surface area contributed by atoms with E-state index < -0.39 is 0 Å². The van der Waals surface area contributed by atoms with Crippen LogP contribution in [0.4, 0.5) is 0 Å². The Hall–Kier alpha value is -1.59. The fourth-order valence-electron chi connectivity index (χ4n) is 0.280. The van der Waals surface area contributed by atoms with E-state index in [4.69, 9.17) is 5.73 Å². The number of amidine groups is 2. The van der Waals surface area contributed by atoms with Gasteiger partial charge in [-0.2, -0.15) is 5.10 Å². The van der Waals surface area contributed by atoms with Crippen molar-refractivity contribution in [3.8, 4) is 0 Å². The van der Waals surface area contributed by atoms with Gasteiger partial charge in [0, 0.05) is 6.72 Å². The summed E-state index contributed by atoms with van der Waals surface area (Å²) in [4.78, 5) is 0. The van der Waals surface area contributed by atoms with Gasteiger partial charge < -0.3 is 5.73 Å². The van der Waals surface area contributed by atoms with Crippen LogP contribution in [-0.4, -0.2) is 18.4 Å². The van der Waals surface area contributed by atoms with E-state index in [9.17, 15) is 0 Å². The maximum absolute atomic E-state index is 5.17. The van der Waals surface area contributed by atoms with E-state index in [-0.39, 0.29) is 0 Å². The molecule has 60 valence electrons. The number of nitrogens with two attached hydrogens (primary N) is 1. The van der Waals surface area contributed by atoms with E-state index in [1.165, 1.54) is 0 Å². The Kier molecular flexibility index (Phi) is 4.46. The van der Waals surface area contributed by atoms with Crippen molar-refractivity contribution in [1.29, 1.82) is 0 Å². The minimum Gasteiger partial charge on any atom is -0.386 e. The van der Waals surface area contributed by atoms with Gasteiger partial charge >= 0.3 is 0 Å². The zero-order chi connectivity index (χ0) is 8.69. The van der Waals surface area contributed by atoms with E-state index >= 15 is 0 Å². The molecule has 6 nitrogen and oxygen atoms in total. The topological polar surface area (TPSA) is 87.8 Å². The molecule has 0 saturated heterocycles. The average Bonchev–Trinajstić information content (AvgIpc) is 1.87. The highest BCUT2D eigenvalue weighted by atomic mass is 15.4. The molecular weight excluding hydrogens is 144 g/mol. The summed E-state index contributed by atoms with van der Waals surface area (Å²) in [5, 5.41) is 17.1. The van der Waals surface area contributed by atoms with E-state index in [0.29, 0.717) is 11.7 Å². The summed E-state index contributed by atoms with van der Waals surface area (Å²) in [6.45, 7) is 6.38. The van der Waals surface area contributed by atoms with Crippen LogP contribution in [0.5, 0.6) is 0 Å². The minimum atomic E-state index is 0.341. The van der Waals surface area contributed by atoms with Crippen LogP contribution in [0.1, 0.15) is 13.8 Å². The molecule has 0 aliphatic heterocycles. The van der Waals surface area contributed by atoms with Crippen LogP contribution < -0.4 is 5.73 Å². The molecule has 0 bridgehead atoms. The molecule has 0 aromatic carbocycles. The first kappa shape index (κ1) is 9.41. The number of hydrogen-bond acceptors (Lipinski definition) is 3. The highest BCUT2D eigenvalue weighted by Crippen LogP contribution is 1.83. The molecule has 0 aliphatic carbocycles. The molecule has 0 aromatic heterocycles. The van der Waals surface area contributed by atoms with Gasteiger partial charge in [0.25, 0.3) is 0 Å². The Morgan fingerprint density at radius 2 is 1.91 bits per heavy atom. The molecule has 11 heavy (non-hydrogen) atoms. The third-order valence-corrected chi connectivity index (χ3v) is 0.607. The minimum absolute atomic E-state index is 0.341. The first-order valence-corrected chi connectivity index (χ1v) is 2.88. The number of nitrogens with zero attached hydrogens (tertiary/aromatic N) is 5. The largest absolute Gasteiger partial charge is 0.386 e. The maximum atomic E-state index is 5.17. The normalized spacial score (nSPS) is 14.0. The van der Waals surface area contributed by atoms with Crippen LogP contribution >= 0.6 is 0 Å². The summed E-state index contributed by atoms with van der Waals surface area (Å²) in [7, 11) is 0. The summed E-state index contributed by atoms with van der Waals surface area (Å²) in [6.07, 6.45) is 0. The molecule has 0 unspecified atom stereocenters. The predicted molar refractivity (Wildman–Crippen MR) is 44.8 cm³/mol. The fraction of sp³-hybridized carbons (Fsp3) is 0.400. The van der Waals surface area contributed by atoms with Crippen molar-refractivity contribution < 1.29 is 0 Å². The molecule has 6 heteroatoms. The zero-order valence-electron chi connectivity index (χ0n) is 6.52. The molecule has 0 heterocycles. The van der Waals surface area contributed by atoms with Gasteiger partial charge in [-0.25, -0.2) is 0 Å². The third-order valence-electron chi connectivity index (χ3n) is 0.607. The standard InChI is InChI=1S/C5H10N6/c1-4(6)8-11-10-5(2)9-7-3/h3H2,1-2H3,(H2,6,8,9,10). The molecule has 0 atom stereocenters. The Morgan fingerprint density at radius 3 is 2.36 bits per heavy atom. The second-order valence-electron chi connectivity index (χ2n) is 1.72. The van der Waals surface area contributed by atoms with Gasteiger partial charge in [-0.3, -0.25) is 0 Å². The highest BCUT2D eigenvalue weighted by molar-refractivity contribution is 5.80. The van der Waals surface area contributed by atoms with E-state index in [2.05, 4.69) is 32.4 Å². The van der Waals surface area contributed by atoms with Crippen LogP contribution in [-0.2, 0) is 0 Å². The van der Waals surface area contributed by atoms with E-state index in [1.807, 2.05) is 0 Å². The molecule has 0 spiro atoms. The van der Waals surface area contributed by atoms with Crippen molar-refractivity contribution in [3.05, 3.63) is 0 Å². The first-order chi connectivity index (χ1) is 5.16. The van der Waals surface area contributed by atoms with Gasteiger partial charge in [0.15, 0.2) is 5.84 Å². The molecule has 2 N–H and O–H groups in total. The Balaban J connectivity index is 4.03. The summed E-state index contributed by atoms with van der Waals surface area (Å²) >= 11 is 0. The Bertz CT molecular complexity index is 209. The lowest BCUT2D eigenvalue weighted by atomic mass is 10.7. The predicted octanol–water partition coefficient (Wildman–Crippen LogP) is 0.765. The van der Waals surface area contributed by atoms with Crippen molar-refractivity contribution in [3.63, 3.8) is 0 Å². The second-order valence-corrected chi connectivity index (χ2v) is 1.72. The van der Waals surface area contributed by atoms with Crippen LogP contribution in [0.2, 0.25) is 0 Å². The van der Waals surface area contributed by atoms with Crippen LogP contribution in [0.15, 0.2) is 25.6 Å². The molecule has 0 fully saturated rings. The van der Waals surface area contributed by atoms with Crippen molar-refractivity contribution in [2.75, 3.05) is 0 Å². The monoisotopic (exact) mass is 154 g/mol. The van der Waals surface area contributed by atoms with Crippen molar-refractivity contribution >= 4 is 18.4 Å². The Labute approximate surface area is 64.6 Å². The van der Waals surface area contributed by atoms with Gasteiger partial charge in [0.1, 0.15) is 5.84 Å².